The van der Waals surface area contributed by atoms with Crippen molar-refractivity contribution in [3.05, 3.63) is 57.9 Å². The van der Waals surface area contributed by atoms with Crippen molar-refractivity contribution in [1.29, 1.82) is 0 Å². The lowest BCUT2D eigenvalue weighted by molar-refractivity contribution is -0.385. The van der Waals surface area contributed by atoms with Crippen LogP contribution in [0.15, 0.2) is 41.4 Å². The first-order chi connectivity index (χ1) is 18.6. The molecule has 222 valence electrons. The van der Waals surface area contributed by atoms with E-state index >= 15 is 0 Å². The first-order valence-electron chi connectivity index (χ1n) is 12.2. The number of rotatable bonds is 12. The van der Waals surface area contributed by atoms with E-state index in [0.29, 0.717) is 18.7 Å². The van der Waals surface area contributed by atoms with E-state index in [-0.39, 0.29) is 39.1 Å². The minimum absolute atomic E-state index is 0.0659. The van der Waals surface area contributed by atoms with E-state index in [1.807, 2.05) is 17.0 Å². The average Bonchev–Trinajstić information content (AvgIpc) is 2.87. The molecule has 0 aliphatic carbocycles. The van der Waals surface area contributed by atoms with Crippen molar-refractivity contribution >= 4 is 31.5 Å². The molecule has 12 nitrogen and oxygen atoms in total. The quantitative estimate of drug-likeness (QED) is 0.200. The van der Waals surface area contributed by atoms with Crippen LogP contribution in [0, 0.1) is 10.1 Å². The van der Waals surface area contributed by atoms with E-state index in [1.54, 1.807) is 19.2 Å². The maximum absolute atomic E-state index is 14.3. The van der Waals surface area contributed by atoms with Gasteiger partial charge in [0, 0.05) is 64.1 Å². The third-order valence-electron chi connectivity index (χ3n) is 6.11. The molecule has 0 bridgehead atoms. The van der Waals surface area contributed by atoms with Gasteiger partial charge < -0.3 is 4.90 Å². The third kappa shape index (κ3) is 8.09. The fourth-order valence-corrected chi connectivity index (χ4v) is 6.38. The molecule has 0 atom stereocenters. The Kier molecular flexibility index (Phi) is 10.1. The summed E-state index contributed by atoms with van der Waals surface area (Å²) in [4.78, 5) is 16.8. The molecule has 0 radical (unpaired) electrons. The number of piperazine rings is 1. The van der Waals surface area contributed by atoms with Crippen LogP contribution in [0.4, 0.5) is 24.5 Å². The molecule has 2 aromatic rings. The van der Waals surface area contributed by atoms with Gasteiger partial charge in [0.1, 0.15) is 4.90 Å². The van der Waals surface area contributed by atoms with Crippen LogP contribution in [0.25, 0.3) is 0 Å². The van der Waals surface area contributed by atoms with Gasteiger partial charge in [-0.15, -0.1) is 0 Å². The minimum atomic E-state index is -5.16. The number of halogens is 3. The normalized spacial score (nSPS) is 15.7. The van der Waals surface area contributed by atoms with Crippen molar-refractivity contribution < 1.29 is 39.1 Å². The second-order valence-corrected chi connectivity index (χ2v) is 12.7. The number of sulfonamides is 1. The zero-order valence-corrected chi connectivity index (χ0v) is 23.5. The molecule has 1 fully saturated rings. The summed E-state index contributed by atoms with van der Waals surface area (Å²) in [6, 6.07) is 6.30. The van der Waals surface area contributed by atoms with Gasteiger partial charge >= 0.3 is 6.18 Å². The van der Waals surface area contributed by atoms with Crippen LogP contribution in [0.5, 0.6) is 0 Å². The minimum Gasteiger partial charge on any atom is -0.368 e. The Morgan fingerprint density at radius 1 is 1.10 bits per heavy atom. The highest BCUT2D eigenvalue weighted by molar-refractivity contribution is 7.89. The van der Waals surface area contributed by atoms with Crippen LogP contribution in [-0.2, 0) is 37.0 Å². The summed E-state index contributed by atoms with van der Waals surface area (Å²) in [7, 11) is -8.59. The number of alkyl halides is 3. The fourth-order valence-electron chi connectivity index (χ4n) is 4.33. The number of benzene rings is 1. The number of nitro benzene ring substituents is 1. The summed E-state index contributed by atoms with van der Waals surface area (Å²) >= 11 is 0. The standard InChI is InChI=1S/C23H30F3N5O7S2/c1-3-8-29(13-14-38-39(2,34)35)22-20(23(24,25)26)15-19(31(32)33)16-21(22)40(36,37)30-11-9-28(10-12-30)17-18-6-4-5-7-27-18/h4-7,15-16H,3,8-14,17H2,1-2H3. The van der Waals surface area contributed by atoms with Gasteiger partial charge in [-0.25, -0.2) is 8.42 Å². The Bertz CT molecular complexity index is 1400. The molecule has 2 heterocycles. The molecule has 0 N–H and O–H groups in total. The molecule has 0 spiro atoms. The van der Waals surface area contributed by atoms with E-state index < -0.39 is 66.2 Å². The molecule has 1 aliphatic heterocycles. The number of hydrogen-bond acceptors (Lipinski definition) is 10. The van der Waals surface area contributed by atoms with Crippen LogP contribution in [0.1, 0.15) is 24.6 Å². The molecule has 1 saturated heterocycles. The van der Waals surface area contributed by atoms with Gasteiger partial charge in [0.25, 0.3) is 15.8 Å². The van der Waals surface area contributed by atoms with Gasteiger partial charge in [-0.05, 0) is 18.6 Å². The Balaban J connectivity index is 2.04. The maximum Gasteiger partial charge on any atom is 0.418 e. The number of hydrogen-bond donors (Lipinski definition) is 0. The molecular weight excluding hydrogens is 579 g/mol. The Hall–Kier alpha value is -2.86. The first kappa shape index (κ1) is 31.7. The van der Waals surface area contributed by atoms with E-state index in [2.05, 4.69) is 9.17 Å². The van der Waals surface area contributed by atoms with E-state index in [0.717, 1.165) is 21.2 Å². The van der Waals surface area contributed by atoms with Crippen molar-refractivity contribution in [2.45, 2.75) is 31.0 Å². The van der Waals surface area contributed by atoms with E-state index in [9.17, 15) is 40.1 Å². The van der Waals surface area contributed by atoms with Crippen molar-refractivity contribution in [2.24, 2.45) is 0 Å². The SMILES string of the molecule is CCCN(CCOS(C)(=O)=O)c1c(C(F)(F)F)cc([N+](=O)[O-])cc1S(=O)(=O)N1CCN(Cc2ccccn2)CC1. The second-order valence-electron chi connectivity index (χ2n) is 9.11. The topological polar surface area (TPSA) is 143 Å². The summed E-state index contributed by atoms with van der Waals surface area (Å²) < 4.78 is 99.0. The lowest BCUT2D eigenvalue weighted by Gasteiger charge is -2.35. The molecule has 3 rings (SSSR count). The number of anilines is 1. The second kappa shape index (κ2) is 12.8. The molecule has 0 amide bonds. The third-order valence-corrected chi connectivity index (χ3v) is 8.61. The highest BCUT2D eigenvalue weighted by Gasteiger charge is 2.42. The van der Waals surface area contributed by atoms with Crippen molar-refractivity contribution in [2.75, 3.05) is 57.0 Å². The summed E-state index contributed by atoms with van der Waals surface area (Å²) in [5.41, 5.74) is -2.57. The fraction of sp³-hybridized carbons (Fsp3) is 0.522. The van der Waals surface area contributed by atoms with E-state index in [1.165, 1.54) is 0 Å². The zero-order valence-electron chi connectivity index (χ0n) is 21.9. The van der Waals surface area contributed by atoms with Gasteiger partial charge in [-0.1, -0.05) is 13.0 Å². The Labute approximate surface area is 230 Å². The van der Waals surface area contributed by atoms with Crippen LogP contribution in [0.3, 0.4) is 0 Å². The van der Waals surface area contributed by atoms with Crippen LogP contribution < -0.4 is 4.90 Å². The molecule has 17 heteroatoms. The van der Waals surface area contributed by atoms with Crippen LogP contribution >= 0.6 is 0 Å². The summed E-state index contributed by atoms with van der Waals surface area (Å²) in [5, 5.41) is 11.6. The highest BCUT2D eigenvalue weighted by atomic mass is 32.2. The van der Waals surface area contributed by atoms with Gasteiger partial charge in [0.2, 0.25) is 10.0 Å². The van der Waals surface area contributed by atoms with Crippen molar-refractivity contribution in [3.63, 3.8) is 0 Å². The lowest BCUT2D eigenvalue weighted by Crippen LogP contribution is -2.48. The summed E-state index contributed by atoms with van der Waals surface area (Å²) in [5.74, 6) is 0. The average molecular weight is 610 g/mol. The predicted octanol–water partition coefficient (Wildman–Crippen LogP) is 2.71. The highest BCUT2D eigenvalue weighted by Crippen LogP contribution is 2.44. The van der Waals surface area contributed by atoms with Crippen molar-refractivity contribution in [3.8, 4) is 0 Å². The predicted molar refractivity (Wildman–Crippen MR) is 140 cm³/mol. The largest absolute Gasteiger partial charge is 0.418 e. The van der Waals surface area contributed by atoms with Gasteiger partial charge in [-0.2, -0.15) is 25.9 Å². The number of non-ortho nitro benzene ring substituents is 1. The molecular formula is C23H30F3N5O7S2. The van der Waals surface area contributed by atoms with Gasteiger partial charge in [0.15, 0.2) is 0 Å². The van der Waals surface area contributed by atoms with Crippen molar-refractivity contribution in [1.82, 2.24) is 14.2 Å². The molecule has 1 aromatic carbocycles. The molecule has 1 aliphatic rings. The summed E-state index contributed by atoms with van der Waals surface area (Å²) in [6.45, 7) is 1.39. The smallest absolute Gasteiger partial charge is 0.368 e. The molecule has 40 heavy (non-hydrogen) atoms. The maximum atomic E-state index is 14.3. The lowest BCUT2D eigenvalue weighted by atomic mass is 10.1. The number of nitrogens with zero attached hydrogens (tertiary/aromatic N) is 5. The first-order valence-corrected chi connectivity index (χ1v) is 15.5. The van der Waals surface area contributed by atoms with Gasteiger partial charge in [0.05, 0.1) is 34.7 Å². The van der Waals surface area contributed by atoms with Crippen LogP contribution in [-0.4, -0.2) is 88.1 Å². The number of pyridine rings is 1. The molecule has 0 unspecified atom stereocenters. The van der Waals surface area contributed by atoms with Crippen LogP contribution in [0.2, 0.25) is 0 Å². The monoisotopic (exact) mass is 609 g/mol. The number of nitro groups is 1. The summed E-state index contributed by atoms with van der Waals surface area (Å²) in [6.07, 6.45) is -2.50. The molecule has 0 saturated carbocycles. The Morgan fingerprint density at radius 2 is 1.77 bits per heavy atom. The zero-order chi connectivity index (χ0) is 29.7. The number of aromatic nitrogens is 1. The molecule has 1 aromatic heterocycles. The van der Waals surface area contributed by atoms with Gasteiger partial charge in [-0.3, -0.25) is 24.2 Å². The van der Waals surface area contributed by atoms with E-state index in [4.69, 9.17) is 0 Å². The Morgan fingerprint density at radius 3 is 2.30 bits per heavy atom.